The van der Waals surface area contributed by atoms with Gasteiger partial charge in [-0.2, -0.15) is 0 Å². The number of aliphatic hydroxyl groups excluding tert-OH is 1. The second-order valence-corrected chi connectivity index (χ2v) is 28.6. The first-order valence-corrected chi connectivity index (χ1v) is 35.8. The van der Waals surface area contributed by atoms with Crippen LogP contribution in [0.15, 0.2) is 200 Å². The van der Waals surface area contributed by atoms with Crippen LogP contribution in [0.4, 0.5) is 0 Å². The van der Waals surface area contributed by atoms with Crippen LogP contribution in [0, 0.1) is 31.6 Å². The smallest absolute Gasteiger partial charge is 0.251 e. The molecule has 0 saturated carbocycles. The average molecular weight is 1300 g/mol. The summed E-state index contributed by atoms with van der Waals surface area (Å²) in [5.74, 6) is 0.523. The van der Waals surface area contributed by atoms with Gasteiger partial charge in [0, 0.05) is 73.8 Å². The predicted octanol–water partition coefficient (Wildman–Crippen LogP) is 16.2. The van der Waals surface area contributed by atoms with Crippen LogP contribution in [0.2, 0.25) is 12.1 Å². The summed E-state index contributed by atoms with van der Waals surface area (Å²) >= 11 is 0. The fraction of sp³-hybridized carbons (Fsp3) is 0.346. The fourth-order valence-electron chi connectivity index (χ4n) is 12.3. The predicted molar refractivity (Wildman–Crippen MR) is 384 cm³/mol. The third-order valence-electron chi connectivity index (χ3n) is 17.9. The van der Waals surface area contributed by atoms with E-state index in [4.69, 9.17) is 23.4 Å². The van der Waals surface area contributed by atoms with E-state index in [9.17, 15) is 29.7 Å². The molecular weight excluding hydrogens is 1200 g/mol. The summed E-state index contributed by atoms with van der Waals surface area (Å²) in [4.78, 5) is 38.2. The van der Waals surface area contributed by atoms with Gasteiger partial charge in [0.25, 0.3) is 11.8 Å². The highest BCUT2D eigenvalue weighted by Gasteiger charge is 2.57. The molecule has 502 valence electrons. The summed E-state index contributed by atoms with van der Waals surface area (Å²) in [5, 5.41) is 36.2. The van der Waals surface area contributed by atoms with E-state index in [1.54, 1.807) is 62.8 Å². The van der Waals surface area contributed by atoms with Crippen LogP contribution in [0.3, 0.4) is 0 Å². The number of unbranched alkanes of at least 4 members (excludes halogenated alkanes) is 3. The molecule has 2 aliphatic carbocycles. The number of phenolic OH excluding ortho intramolecular Hbond substituents is 2. The molecule has 2 amide bonds. The lowest BCUT2D eigenvalue weighted by Gasteiger charge is -2.53. The molecular formula is C81H98N2O11Si. The Labute approximate surface area is 564 Å². The van der Waals surface area contributed by atoms with Crippen molar-refractivity contribution in [1.29, 1.82) is 0 Å². The molecule has 1 aliphatic heterocycles. The highest BCUT2D eigenvalue weighted by Crippen LogP contribution is 2.58. The topological polar surface area (TPSA) is 182 Å². The van der Waals surface area contributed by atoms with Gasteiger partial charge in [-0.05, 0) is 178 Å². The minimum absolute atomic E-state index is 0.0134. The lowest BCUT2D eigenvalue weighted by atomic mass is 9.58. The molecule has 0 radical (unpaired) electrons. The highest BCUT2D eigenvalue weighted by molar-refractivity contribution is 6.86. The molecule has 10 rings (SSSR count). The Morgan fingerprint density at radius 1 is 0.684 bits per heavy atom. The van der Waals surface area contributed by atoms with E-state index < -0.39 is 14.1 Å². The number of hydrogen-bond acceptors (Lipinski definition) is 11. The maximum Gasteiger partial charge on any atom is 0.251 e. The molecule has 0 aromatic heterocycles. The minimum atomic E-state index is -1.92. The second-order valence-electron chi connectivity index (χ2n) is 24.3. The van der Waals surface area contributed by atoms with E-state index in [-0.39, 0.29) is 59.4 Å². The van der Waals surface area contributed by atoms with E-state index >= 15 is 0 Å². The Balaban J connectivity index is 0.000000196. The van der Waals surface area contributed by atoms with Crippen LogP contribution < -0.4 is 25.3 Å². The van der Waals surface area contributed by atoms with Crippen molar-refractivity contribution >= 4 is 43.3 Å². The third kappa shape index (κ3) is 20.7. The van der Waals surface area contributed by atoms with Crippen LogP contribution >= 0.6 is 0 Å². The lowest BCUT2D eigenvalue weighted by Crippen LogP contribution is -2.56. The molecule has 0 saturated heterocycles. The zero-order chi connectivity index (χ0) is 68.2. The number of ether oxygens (including phenoxy) is 4. The second kappa shape index (κ2) is 37.5. The van der Waals surface area contributed by atoms with E-state index in [2.05, 4.69) is 106 Å². The maximum absolute atomic E-state index is 13.1. The van der Waals surface area contributed by atoms with Crippen molar-refractivity contribution in [1.82, 2.24) is 10.6 Å². The average Bonchev–Trinajstić information content (AvgIpc) is 0.710. The first-order valence-electron chi connectivity index (χ1n) is 33.5. The van der Waals surface area contributed by atoms with E-state index in [1.807, 2.05) is 105 Å². The minimum Gasteiger partial charge on any atom is -0.507 e. The van der Waals surface area contributed by atoms with Gasteiger partial charge in [0.1, 0.15) is 23.0 Å². The molecule has 0 spiro atoms. The van der Waals surface area contributed by atoms with Crippen molar-refractivity contribution < 1.29 is 53.1 Å². The van der Waals surface area contributed by atoms with Crippen molar-refractivity contribution in [3.05, 3.63) is 255 Å². The van der Waals surface area contributed by atoms with Crippen LogP contribution in [0.25, 0.3) is 12.2 Å². The SMILES string of the molecule is C/C=C/c1cc(C(=O)NCc2ccccc2)ccc1O.CCOCc1ccc([Si](CC)(CC)OCCCC/C=C/c2cc(OC)ccc2O)cc1.COC12C=CC(=O)C3=CC(CCCCO)C(C)C(c4cc(C(=O)NCc5ccccc5)ccc4O1)C32.Cc1ccc(C)cc1. The van der Waals surface area contributed by atoms with Crippen LogP contribution in [-0.2, 0) is 38.4 Å². The number of aliphatic hydroxyl groups is 1. The van der Waals surface area contributed by atoms with Gasteiger partial charge in [0.2, 0.25) is 14.1 Å². The van der Waals surface area contributed by atoms with Gasteiger partial charge < -0.3 is 49.3 Å². The summed E-state index contributed by atoms with van der Waals surface area (Å²) in [7, 11) is 1.33. The Bertz CT molecular complexity index is 3650. The standard InChI is InChI=1S/C30H33NO5.C26H38O4Si.C17H17NO2.C8H10/c1-19-21(10-6-7-15-32)16-23-25(33)13-14-30(35-2)28(23)27(19)24-17-22(11-12-26(24)36-30)29(34)31-18-20-8-4-3-5-9-20;1-5-29-21-22-13-16-25(17-14-22)31(6-2,7-3)30-19-11-9-8-10-12-23-20-24(28-4)15-18-26(23)27;1-2-6-14-11-15(9-10-16(14)19)17(20)18-12-13-7-4-3-5-8-13;1-7-3-5-8(2)6-4-7/h3-5,8-9,11-14,16-17,19,21,27-28,32H,6-7,10,15,18H2,1-2H3,(H,31,34);10,12-18,20,27H,5-9,11,19,21H2,1-4H3;2-11,19H,12H2,1H3,(H,18,20);3-6H,1-2H3/b;12-10+;6-2+;. The van der Waals surface area contributed by atoms with E-state index in [1.165, 1.54) is 27.9 Å². The number of allylic oxidation sites excluding steroid dienone is 4. The highest BCUT2D eigenvalue weighted by atomic mass is 28.4. The normalized spacial score (nSPS) is 17.5. The monoisotopic (exact) mass is 1300 g/mol. The number of aromatic hydroxyl groups is 2. The number of carbonyl (C=O) groups is 3. The number of carbonyl (C=O) groups excluding carboxylic acids is 3. The van der Waals surface area contributed by atoms with Gasteiger partial charge in [-0.25, -0.2) is 0 Å². The number of methoxy groups -OCH3 is 2. The molecule has 0 fully saturated rings. The summed E-state index contributed by atoms with van der Waals surface area (Å²) in [6.07, 6.45) is 18.6. The summed E-state index contributed by atoms with van der Waals surface area (Å²) in [5.41, 5.74) is 10.1. The van der Waals surface area contributed by atoms with Crippen LogP contribution in [0.1, 0.15) is 144 Å². The van der Waals surface area contributed by atoms with Crippen molar-refractivity contribution in [3.8, 4) is 23.0 Å². The molecule has 5 unspecified atom stereocenters. The quantitative estimate of drug-likeness (QED) is 0.0257. The zero-order valence-corrected chi connectivity index (χ0v) is 57.9. The Morgan fingerprint density at radius 3 is 1.86 bits per heavy atom. The zero-order valence-electron chi connectivity index (χ0n) is 56.9. The Morgan fingerprint density at radius 2 is 1.28 bits per heavy atom. The van der Waals surface area contributed by atoms with E-state index in [0.29, 0.717) is 42.1 Å². The van der Waals surface area contributed by atoms with Gasteiger partial charge in [-0.1, -0.05) is 178 Å². The van der Waals surface area contributed by atoms with Crippen molar-refractivity contribution in [2.45, 2.75) is 130 Å². The van der Waals surface area contributed by atoms with Gasteiger partial charge in [-0.3, -0.25) is 14.4 Å². The molecule has 14 heteroatoms. The molecule has 5 atom stereocenters. The van der Waals surface area contributed by atoms with Crippen LogP contribution in [-0.4, -0.2) is 81.1 Å². The number of nitrogens with one attached hydrogen (secondary N) is 2. The third-order valence-corrected chi connectivity index (χ3v) is 22.3. The largest absolute Gasteiger partial charge is 0.507 e. The molecule has 95 heavy (non-hydrogen) atoms. The van der Waals surface area contributed by atoms with Gasteiger partial charge in [0.15, 0.2) is 5.78 Å². The Kier molecular flexibility index (Phi) is 29.1. The number of hydrogen-bond donors (Lipinski definition) is 5. The van der Waals surface area contributed by atoms with Crippen LogP contribution in [0.5, 0.6) is 23.0 Å². The van der Waals surface area contributed by atoms with Crippen molar-refractivity contribution in [3.63, 3.8) is 0 Å². The van der Waals surface area contributed by atoms with Crippen molar-refractivity contribution in [2.24, 2.45) is 17.8 Å². The molecule has 13 nitrogen and oxygen atoms in total. The van der Waals surface area contributed by atoms with Gasteiger partial charge in [0.05, 0.1) is 19.6 Å². The molecule has 3 aliphatic rings. The molecule has 5 N–H and O–H groups in total. The number of ketones is 1. The van der Waals surface area contributed by atoms with Gasteiger partial charge in [-0.15, -0.1) is 0 Å². The summed E-state index contributed by atoms with van der Waals surface area (Å²) < 4.78 is 29.7. The summed E-state index contributed by atoms with van der Waals surface area (Å²) in [6.45, 7) is 18.1. The molecule has 0 bridgehead atoms. The first-order chi connectivity index (χ1) is 46.0. The number of fused-ring (bicyclic) bond motifs is 2. The molecule has 7 aromatic rings. The molecule has 7 aromatic carbocycles. The molecule has 1 heterocycles. The number of benzene rings is 7. The first kappa shape index (κ1) is 73.8. The Hall–Kier alpha value is -8.63. The fourth-order valence-corrected chi connectivity index (χ4v) is 15.5. The number of phenols is 2. The summed E-state index contributed by atoms with van der Waals surface area (Å²) in [6, 6.07) is 54.7. The number of amides is 2. The maximum atomic E-state index is 13.1. The lowest BCUT2D eigenvalue weighted by molar-refractivity contribution is -0.179. The number of aryl methyl sites for hydroxylation is 2. The van der Waals surface area contributed by atoms with Crippen molar-refractivity contribution in [2.75, 3.05) is 34.0 Å². The van der Waals surface area contributed by atoms with E-state index in [0.717, 1.165) is 97.4 Å². The van der Waals surface area contributed by atoms with Gasteiger partial charge >= 0.3 is 0 Å². The number of rotatable bonds is 26.